The number of carbonyl (C=O) groups excluding carboxylic acids is 2. The van der Waals surface area contributed by atoms with Gasteiger partial charge < -0.3 is 15.4 Å². The third-order valence-electron chi connectivity index (χ3n) is 5.01. The number of ether oxygens (including phenoxy) is 1. The van der Waals surface area contributed by atoms with Crippen LogP contribution in [-0.4, -0.2) is 32.7 Å². The molecular formula is C24H19N5O3. The standard InChI is InChI=1S/C24H19N5O3/c1-15-23(30)26-19-14-17(12-13-20(19)32-15)25-24(31)21-27-22(16-8-4-2-5-9-16)29(28-21)18-10-6-3-7-11-18/h2-15H,1H3,(H,25,31)(H,26,30)/t15-/m0/s1. The lowest BCUT2D eigenvalue weighted by Gasteiger charge is -2.23. The van der Waals surface area contributed by atoms with Gasteiger partial charge in [0.1, 0.15) is 5.75 Å². The molecule has 2 N–H and O–H groups in total. The van der Waals surface area contributed by atoms with Crippen molar-refractivity contribution >= 4 is 23.2 Å². The maximum Gasteiger partial charge on any atom is 0.295 e. The summed E-state index contributed by atoms with van der Waals surface area (Å²) < 4.78 is 7.20. The molecule has 0 bridgehead atoms. The number of para-hydroxylation sites is 1. The monoisotopic (exact) mass is 425 g/mol. The zero-order chi connectivity index (χ0) is 22.1. The van der Waals surface area contributed by atoms with Crippen molar-refractivity contribution in [3.63, 3.8) is 0 Å². The molecule has 0 unspecified atom stereocenters. The zero-order valence-electron chi connectivity index (χ0n) is 17.1. The smallest absolute Gasteiger partial charge is 0.295 e. The molecule has 1 aliphatic heterocycles. The largest absolute Gasteiger partial charge is 0.479 e. The van der Waals surface area contributed by atoms with E-state index in [1.807, 2.05) is 60.7 Å². The fraction of sp³-hybridized carbons (Fsp3) is 0.0833. The number of amides is 2. The van der Waals surface area contributed by atoms with E-state index in [-0.39, 0.29) is 11.7 Å². The maximum absolute atomic E-state index is 13.0. The second-order valence-electron chi connectivity index (χ2n) is 7.29. The number of hydrogen-bond donors (Lipinski definition) is 2. The van der Waals surface area contributed by atoms with Crippen molar-refractivity contribution < 1.29 is 14.3 Å². The summed E-state index contributed by atoms with van der Waals surface area (Å²) in [6, 6.07) is 24.1. The Balaban J connectivity index is 1.46. The number of hydrogen-bond acceptors (Lipinski definition) is 5. The number of aromatic nitrogens is 3. The molecule has 0 saturated carbocycles. The van der Waals surface area contributed by atoms with Gasteiger partial charge in [0, 0.05) is 11.3 Å². The SMILES string of the molecule is C[C@@H]1Oc2ccc(NC(=O)c3nc(-c4ccccc4)n(-c4ccccc4)n3)cc2NC1=O. The molecule has 1 aromatic heterocycles. The Kier molecular flexibility index (Phi) is 4.87. The van der Waals surface area contributed by atoms with Crippen molar-refractivity contribution in [1.29, 1.82) is 0 Å². The van der Waals surface area contributed by atoms with E-state index in [1.54, 1.807) is 29.8 Å². The van der Waals surface area contributed by atoms with Crippen molar-refractivity contribution in [1.82, 2.24) is 14.8 Å². The first kappa shape index (κ1) is 19.5. The predicted octanol–water partition coefficient (Wildman–Crippen LogP) is 3.91. The van der Waals surface area contributed by atoms with E-state index < -0.39 is 12.0 Å². The highest BCUT2D eigenvalue weighted by molar-refractivity contribution is 6.03. The van der Waals surface area contributed by atoms with Gasteiger partial charge in [-0.15, -0.1) is 5.10 Å². The van der Waals surface area contributed by atoms with Gasteiger partial charge in [-0.05, 0) is 37.3 Å². The summed E-state index contributed by atoms with van der Waals surface area (Å²) in [4.78, 5) is 29.3. The molecule has 0 spiro atoms. The Bertz CT molecular complexity index is 1240. The Hall–Kier alpha value is -4.46. The molecule has 0 radical (unpaired) electrons. The number of nitrogens with zero attached hydrogens (tertiary/aromatic N) is 3. The average molecular weight is 425 g/mol. The Labute approximate surface area is 183 Å². The second-order valence-corrected chi connectivity index (χ2v) is 7.29. The van der Waals surface area contributed by atoms with Gasteiger partial charge >= 0.3 is 0 Å². The number of anilines is 2. The van der Waals surface area contributed by atoms with Crippen LogP contribution in [0.2, 0.25) is 0 Å². The molecule has 4 aromatic rings. The van der Waals surface area contributed by atoms with Crippen LogP contribution in [0, 0.1) is 0 Å². The van der Waals surface area contributed by atoms with Gasteiger partial charge in [-0.2, -0.15) is 0 Å². The van der Waals surface area contributed by atoms with E-state index in [0.29, 0.717) is 22.9 Å². The Morgan fingerprint density at radius 2 is 1.75 bits per heavy atom. The third kappa shape index (κ3) is 3.69. The highest BCUT2D eigenvalue weighted by atomic mass is 16.5. The first-order valence-electron chi connectivity index (χ1n) is 10.1. The third-order valence-corrected chi connectivity index (χ3v) is 5.01. The number of rotatable bonds is 4. The quantitative estimate of drug-likeness (QED) is 0.517. The number of benzene rings is 3. The van der Waals surface area contributed by atoms with Crippen LogP contribution in [0.3, 0.4) is 0 Å². The summed E-state index contributed by atoms with van der Waals surface area (Å²) >= 11 is 0. The highest BCUT2D eigenvalue weighted by Crippen LogP contribution is 2.32. The lowest BCUT2D eigenvalue weighted by Crippen LogP contribution is -2.34. The van der Waals surface area contributed by atoms with Crippen LogP contribution in [0.15, 0.2) is 78.9 Å². The summed E-state index contributed by atoms with van der Waals surface area (Å²) in [6.45, 7) is 1.67. The second kappa shape index (κ2) is 7.99. The molecule has 0 aliphatic carbocycles. The Morgan fingerprint density at radius 1 is 1.03 bits per heavy atom. The summed E-state index contributed by atoms with van der Waals surface area (Å²) in [5.41, 5.74) is 2.62. The summed E-state index contributed by atoms with van der Waals surface area (Å²) in [5.74, 6) is 0.430. The van der Waals surface area contributed by atoms with Gasteiger partial charge in [0.2, 0.25) is 5.82 Å². The minimum Gasteiger partial charge on any atom is -0.479 e. The molecule has 32 heavy (non-hydrogen) atoms. The molecular weight excluding hydrogens is 406 g/mol. The van der Waals surface area contributed by atoms with Gasteiger partial charge in [0.05, 0.1) is 11.4 Å². The van der Waals surface area contributed by atoms with Gasteiger partial charge in [-0.25, -0.2) is 9.67 Å². The van der Waals surface area contributed by atoms with E-state index in [4.69, 9.17) is 4.74 Å². The van der Waals surface area contributed by atoms with E-state index in [2.05, 4.69) is 20.7 Å². The molecule has 1 atom stereocenters. The molecule has 3 aromatic carbocycles. The molecule has 8 nitrogen and oxygen atoms in total. The Morgan fingerprint density at radius 3 is 2.50 bits per heavy atom. The molecule has 0 fully saturated rings. The first-order chi connectivity index (χ1) is 15.6. The lowest BCUT2D eigenvalue weighted by atomic mass is 10.2. The van der Waals surface area contributed by atoms with Crippen LogP contribution in [0.25, 0.3) is 17.1 Å². The average Bonchev–Trinajstić information content (AvgIpc) is 3.27. The van der Waals surface area contributed by atoms with E-state index in [9.17, 15) is 9.59 Å². The molecule has 5 rings (SSSR count). The number of carbonyl (C=O) groups is 2. The number of nitrogens with one attached hydrogen (secondary N) is 2. The summed E-state index contributed by atoms with van der Waals surface area (Å²) in [5, 5.41) is 10.0. The van der Waals surface area contributed by atoms with Crippen molar-refractivity contribution in [2.75, 3.05) is 10.6 Å². The highest BCUT2D eigenvalue weighted by Gasteiger charge is 2.24. The van der Waals surface area contributed by atoms with Crippen LogP contribution in [0.4, 0.5) is 11.4 Å². The van der Waals surface area contributed by atoms with Crippen molar-refractivity contribution in [3.8, 4) is 22.8 Å². The number of fused-ring (bicyclic) bond motifs is 1. The zero-order valence-corrected chi connectivity index (χ0v) is 17.1. The van der Waals surface area contributed by atoms with Crippen LogP contribution < -0.4 is 15.4 Å². The van der Waals surface area contributed by atoms with Crippen LogP contribution >= 0.6 is 0 Å². The summed E-state index contributed by atoms with van der Waals surface area (Å²) in [6.07, 6.45) is -0.564. The minimum atomic E-state index is -0.564. The molecule has 1 aliphatic rings. The minimum absolute atomic E-state index is 0.0272. The van der Waals surface area contributed by atoms with Crippen LogP contribution in [0.5, 0.6) is 5.75 Å². The van der Waals surface area contributed by atoms with Gasteiger partial charge in [0.15, 0.2) is 11.9 Å². The van der Waals surface area contributed by atoms with E-state index in [0.717, 1.165) is 11.3 Å². The van der Waals surface area contributed by atoms with E-state index in [1.165, 1.54) is 0 Å². The fourth-order valence-corrected chi connectivity index (χ4v) is 3.41. The molecule has 0 saturated heterocycles. The fourth-order valence-electron chi connectivity index (χ4n) is 3.41. The van der Waals surface area contributed by atoms with Gasteiger partial charge in [-0.3, -0.25) is 9.59 Å². The van der Waals surface area contributed by atoms with E-state index >= 15 is 0 Å². The van der Waals surface area contributed by atoms with Crippen molar-refractivity contribution in [3.05, 3.63) is 84.7 Å². The van der Waals surface area contributed by atoms with Gasteiger partial charge in [-0.1, -0.05) is 48.5 Å². The van der Waals surface area contributed by atoms with Crippen molar-refractivity contribution in [2.24, 2.45) is 0 Å². The molecule has 8 heteroatoms. The first-order valence-corrected chi connectivity index (χ1v) is 10.1. The lowest BCUT2D eigenvalue weighted by molar-refractivity contribution is -0.122. The normalized spacial score (nSPS) is 14.8. The molecule has 2 heterocycles. The van der Waals surface area contributed by atoms with Crippen LogP contribution in [-0.2, 0) is 4.79 Å². The van der Waals surface area contributed by atoms with Crippen molar-refractivity contribution in [2.45, 2.75) is 13.0 Å². The predicted molar refractivity (Wildman–Crippen MR) is 120 cm³/mol. The summed E-state index contributed by atoms with van der Waals surface area (Å²) in [7, 11) is 0. The van der Waals surface area contributed by atoms with Gasteiger partial charge in [0.25, 0.3) is 11.8 Å². The molecule has 2 amide bonds. The van der Waals surface area contributed by atoms with Crippen LogP contribution in [0.1, 0.15) is 17.5 Å². The maximum atomic E-state index is 13.0. The topological polar surface area (TPSA) is 98.1 Å². The molecule has 158 valence electrons.